The molecule has 1 heterocycles. The van der Waals surface area contributed by atoms with Crippen LogP contribution in [0.3, 0.4) is 0 Å². The van der Waals surface area contributed by atoms with Crippen molar-refractivity contribution in [2.24, 2.45) is 5.92 Å². The summed E-state index contributed by atoms with van der Waals surface area (Å²) in [7, 11) is 0. The van der Waals surface area contributed by atoms with Gasteiger partial charge in [-0.15, -0.1) is 0 Å². The quantitative estimate of drug-likeness (QED) is 0.831. The molecule has 0 unspecified atom stereocenters. The van der Waals surface area contributed by atoms with Gasteiger partial charge in [0.1, 0.15) is 0 Å². The largest absolute Gasteiger partial charge is 0.416 e. The normalized spacial score (nSPS) is 17.0. The maximum atomic E-state index is 12.5. The summed E-state index contributed by atoms with van der Waals surface area (Å²) in [5.41, 5.74) is -0.151. The van der Waals surface area contributed by atoms with E-state index in [0.29, 0.717) is 18.0 Å². The van der Waals surface area contributed by atoms with E-state index in [1.807, 2.05) is 0 Å². The van der Waals surface area contributed by atoms with Crippen molar-refractivity contribution in [1.82, 2.24) is 10.2 Å². The number of nitrogens with zero attached hydrogens (tertiary/aromatic N) is 1. The van der Waals surface area contributed by atoms with Crippen molar-refractivity contribution in [1.29, 1.82) is 0 Å². The first-order valence-electron chi connectivity index (χ1n) is 8.14. The summed E-state index contributed by atoms with van der Waals surface area (Å²) >= 11 is 0. The number of nitrogens with one attached hydrogen (secondary N) is 1. The van der Waals surface area contributed by atoms with E-state index in [0.717, 1.165) is 44.6 Å². The standard InChI is InChI=1S/C17H23F3N2O2/c18-17(19,20)15-3-1-13(2-4-15)11-16(24)21-7-10-22-8-5-14(12-23)6-9-22/h1-4,14,23H,5-12H2,(H,21,24). The maximum absolute atomic E-state index is 12.5. The number of alkyl halides is 3. The van der Waals surface area contributed by atoms with E-state index in [4.69, 9.17) is 5.11 Å². The Morgan fingerprint density at radius 3 is 2.38 bits per heavy atom. The van der Waals surface area contributed by atoms with Crippen LogP contribution in [0.25, 0.3) is 0 Å². The topological polar surface area (TPSA) is 52.6 Å². The molecule has 2 rings (SSSR count). The third-order valence-electron chi connectivity index (χ3n) is 4.36. The number of piperidine rings is 1. The van der Waals surface area contributed by atoms with E-state index >= 15 is 0 Å². The van der Waals surface area contributed by atoms with E-state index in [2.05, 4.69) is 10.2 Å². The summed E-state index contributed by atoms with van der Waals surface area (Å²) < 4.78 is 37.4. The van der Waals surface area contributed by atoms with Crippen LogP contribution in [0.5, 0.6) is 0 Å². The first-order valence-corrected chi connectivity index (χ1v) is 8.14. The van der Waals surface area contributed by atoms with Gasteiger partial charge in [-0.3, -0.25) is 4.79 Å². The average molecular weight is 344 g/mol. The second kappa shape index (κ2) is 8.48. The number of halogens is 3. The predicted molar refractivity (Wildman–Crippen MR) is 84.4 cm³/mol. The first-order chi connectivity index (χ1) is 11.4. The molecule has 2 N–H and O–H groups in total. The van der Waals surface area contributed by atoms with Crippen molar-refractivity contribution >= 4 is 5.91 Å². The Bertz CT molecular complexity index is 524. The molecular weight excluding hydrogens is 321 g/mol. The van der Waals surface area contributed by atoms with E-state index < -0.39 is 11.7 Å². The molecule has 1 aliphatic rings. The van der Waals surface area contributed by atoms with Crippen LogP contribution in [0.4, 0.5) is 13.2 Å². The van der Waals surface area contributed by atoms with Crippen LogP contribution in [0, 0.1) is 5.92 Å². The monoisotopic (exact) mass is 344 g/mol. The Balaban J connectivity index is 1.68. The number of hydrogen-bond donors (Lipinski definition) is 2. The molecule has 0 radical (unpaired) electrons. The van der Waals surface area contributed by atoms with Gasteiger partial charge in [0.05, 0.1) is 12.0 Å². The van der Waals surface area contributed by atoms with Crippen molar-refractivity contribution in [3.8, 4) is 0 Å². The Morgan fingerprint density at radius 2 is 1.83 bits per heavy atom. The van der Waals surface area contributed by atoms with Gasteiger partial charge in [0.15, 0.2) is 0 Å². The van der Waals surface area contributed by atoms with Crippen LogP contribution in [-0.2, 0) is 17.4 Å². The Labute approximate surface area is 139 Å². The van der Waals surface area contributed by atoms with E-state index in [9.17, 15) is 18.0 Å². The van der Waals surface area contributed by atoms with Crippen molar-refractivity contribution in [3.63, 3.8) is 0 Å². The second-order valence-electron chi connectivity index (χ2n) is 6.19. The van der Waals surface area contributed by atoms with Crippen molar-refractivity contribution in [3.05, 3.63) is 35.4 Å². The molecule has 0 bridgehead atoms. The van der Waals surface area contributed by atoms with Crippen LogP contribution in [0.1, 0.15) is 24.0 Å². The van der Waals surface area contributed by atoms with E-state index in [1.54, 1.807) is 0 Å². The molecule has 1 aromatic carbocycles. The molecule has 0 saturated carbocycles. The fraction of sp³-hybridized carbons (Fsp3) is 0.588. The molecule has 0 aromatic heterocycles. The number of benzene rings is 1. The molecule has 7 heteroatoms. The van der Waals surface area contributed by atoms with Crippen molar-refractivity contribution in [2.75, 3.05) is 32.8 Å². The Morgan fingerprint density at radius 1 is 1.21 bits per heavy atom. The van der Waals surface area contributed by atoms with E-state index in [-0.39, 0.29) is 18.9 Å². The lowest BCUT2D eigenvalue weighted by Crippen LogP contribution is -2.40. The minimum atomic E-state index is -4.36. The fourth-order valence-electron chi connectivity index (χ4n) is 2.81. The van der Waals surface area contributed by atoms with Crippen molar-refractivity contribution < 1.29 is 23.1 Å². The Hall–Kier alpha value is -1.60. The van der Waals surface area contributed by atoms with Gasteiger partial charge in [0, 0.05) is 19.7 Å². The van der Waals surface area contributed by atoms with Gasteiger partial charge in [-0.05, 0) is 49.5 Å². The molecule has 1 saturated heterocycles. The summed E-state index contributed by atoms with van der Waals surface area (Å²) in [5, 5.41) is 11.9. The summed E-state index contributed by atoms with van der Waals surface area (Å²) in [4.78, 5) is 14.1. The lowest BCUT2D eigenvalue weighted by molar-refractivity contribution is -0.137. The third-order valence-corrected chi connectivity index (χ3v) is 4.36. The number of carbonyl (C=O) groups excluding carboxylic acids is 1. The highest BCUT2D eigenvalue weighted by Gasteiger charge is 2.29. The number of hydrogen-bond acceptors (Lipinski definition) is 3. The van der Waals surface area contributed by atoms with Crippen molar-refractivity contribution in [2.45, 2.75) is 25.4 Å². The van der Waals surface area contributed by atoms with Gasteiger partial charge < -0.3 is 15.3 Å². The molecule has 0 spiro atoms. The first kappa shape index (κ1) is 18.7. The van der Waals surface area contributed by atoms with Gasteiger partial charge in [-0.25, -0.2) is 0 Å². The molecule has 0 atom stereocenters. The number of aliphatic hydroxyl groups is 1. The number of amides is 1. The molecular formula is C17H23F3N2O2. The van der Waals surface area contributed by atoms with E-state index in [1.165, 1.54) is 12.1 Å². The summed E-state index contributed by atoms with van der Waals surface area (Å²) in [6.45, 7) is 3.33. The van der Waals surface area contributed by atoms with Crippen LogP contribution < -0.4 is 5.32 Å². The van der Waals surface area contributed by atoms with Crippen LogP contribution in [0.15, 0.2) is 24.3 Å². The SMILES string of the molecule is O=C(Cc1ccc(C(F)(F)F)cc1)NCCN1CCC(CO)CC1. The average Bonchev–Trinajstić information content (AvgIpc) is 2.55. The van der Waals surface area contributed by atoms with Gasteiger partial charge >= 0.3 is 6.18 Å². The molecule has 24 heavy (non-hydrogen) atoms. The lowest BCUT2D eigenvalue weighted by atomic mass is 9.98. The molecule has 1 fully saturated rings. The van der Waals surface area contributed by atoms with Crippen LogP contribution in [0.2, 0.25) is 0 Å². The molecule has 1 aromatic rings. The lowest BCUT2D eigenvalue weighted by Gasteiger charge is -2.30. The predicted octanol–water partition coefficient (Wildman–Crippen LogP) is 2.07. The zero-order valence-corrected chi connectivity index (χ0v) is 13.5. The van der Waals surface area contributed by atoms with Gasteiger partial charge in [0.25, 0.3) is 0 Å². The molecule has 1 amide bonds. The highest BCUT2D eigenvalue weighted by molar-refractivity contribution is 5.78. The minimum absolute atomic E-state index is 0.0741. The second-order valence-corrected chi connectivity index (χ2v) is 6.19. The number of rotatable bonds is 6. The number of carbonyl (C=O) groups is 1. The van der Waals surface area contributed by atoms with Crippen LogP contribution >= 0.6 is 0 Å². The summed E-state index contributed by atoms with van der Waals surface area (Å²) in [5.74, 6) is 0.190. The summed E-state index contributed by atoms with van der Waals surface area (Å²) in [6, 6.07) is 4.66. The van der Waals surface area contributed by atoms with Gasteiger partial charge in [-0.2, -0.15) is 13.2 Å². The minimum Gasteiger partial charge on any atom is -0.396 e. The summed E-state index contributed by atoms with van der Waals surface area (Å²) in [6.07, 6.45) is -2.35. The number of likely N-dealkylation sites (tertiary alicyclic amines) is 1. The zero-order chi connectivity index (χ0) is 17.6. The maximum Gasteiger partial charge on any atom is 0.416 e. The van der Waals surface area contributed by atoms with Crippen LogP contribution in [-0.4, -0.2) is 48.7 Å². The molecule has 0 aliphatic carbocycles. The number of aliphatic hydroxyl groups excluding tert-OH is 1. The highest BCUT2D eigenvalue weighted by Crippen LogP contribution is 2.29. The van der Waals surface area contributed by atoms with Gasteiger partial charge in [-0.1, -0.05) is 12.1 Å². The Kier molecular flexibility index (Phi) is 6.62. The van der Waals surface area contributed by atoms with Gasteiger partial charge in [0.2, 0.25) is 5.91 Å². The molecule has 4 nitrogen and oxygen atoms in total. The fourth-order valence-corrected chi connectivity index (χ4v) is 2.81. The molecule has 134 valence electrons. The zero-order valence-electron chi connectivity index (χ0n) is 13.5. The highest BCUT2D eigenvalue weighted by atomic mass is 19.4. The molecule has 1 aliphatic heterocycles. The third kappa shape index (κ3) is 5.79. The smallest absolute Gasteiger partial charge is 0.396 e.